The Labute approximate surface area is 144 Å². The minimum absolute atomic E-state index is 0.00171. The Balaban J connectivity index is 1.56. The van der Waals surface area contributed by atoms with Gasteiger partial charge in [0.15, 0.2) is 0 Å². The second-order valence-corrected chi connectivity index (χ2v) is 7.32. The van der Waals surface area contributed by atoms with Gasteiger partial charge in [0, 0.05) is 45.6 Å². The van der Waals surface area contributed by atoms with Gasteiger partial charge >= 0.3 is 0 Å². The van der Waals surface area contributed by atoms with Crippen LogP contribution in [-0.2, 0) is 14.4 Å². The first-order valence-electron chi connectivity index (χ1n) is 9.43. The first kappa shape index (κ1) is 17.2. The van der Waals surface area contributed by atoms with E-state index in [0.29, 0.717) is 26.1 Å². The lowest BCUT2D eigenvalue weighted by Gasteiger charge is -2.42. The van der Waals surface area contributed by atoms with E-state index in [-0.39, 0.29) is 29.8 Å². The first-order chi connectivity index (χ1) is 11.6. The van der Waals surface area contributed by atoms with Gasteiger partial charge < -0.3 is 14.7 Å². The van der Waals surface area contributed by atoms with Crippen LogP contribution in [0.15, 0.2) is 0 Å². The van der Waals surface area contributed by atoms with Gasteiger partial charge in [-0.25, -0.2) is 0 Å². The molecule has 0 bridgehead atoms. The number of nitrogens with zero attached hydrogens (tertiary/aromatic N) is 3. The molecule has 1 unspecified atom stereocenters. The molecule has 3 aliphatic heterocycles. The normalized spacial score (nSPS) is 26.6. The summed E-state index contributed by atoms with van der Waals surface area (Å²) in [5, 5.41) is 0. The van der Waals surface area contributed by atoms with E-state index in [9.17, 15) is 14.4 Å². The summed E-state index contributed by atoms with van der Waals surface area (Å²) in [6.45, 7) is 4.54. The molecule has 6 nitrogen and oxygen atoms in total. The fraction of sp³-hybridized carbons (Fsp3) is 0.833. The lowest BCUT2D eigenvalue weighted by Crippen LogP contribution is -2.56. The summed E-state index contributed by atoms with van der Waals surface area (Å²) in [4.78, 5) is 42.4. The van der Waals surface area contributed by atoms with Gasteiger partial charge in [0.25, 0.3) is 0 Å². The number of hydrogen-bond acceptors (Lipinski definition) is 3. The molecule has 0 N–H and O–H groups in total. The van der Waals surface area contributed by atoms with Gasteiger partial charge in [-0.1, -0.05) is 0 Å². The summed E-state index contributed by atoms with van der Waals surface area (Å²) in [6, 6.07) is 0.0153. The van der Waals surface area contributed by atoms with E-state index in [2.05, 4.69) is 0 Å². The summed E-state index contributed by atoms with van der Waals surface area (Å²) in [6.07, 6.45) is 7.30. The van der Waals surface area contributed by atoms with Crippen molar-refractivity contribution >= 4 is 17.7 Å². The molecular formula is C18H29N3O3. The topological polar surface area (TPSA) is 60.9 Å². The molecule has 0 aromatic carbocycles. The van der Waals surface area contributed by atoms with Gasteiger partial charge in [-0.2, -0.15) is 0 Å². The van der Waals surface area contributed by atoms with Crippen molar-refractivity contribution in [3.05, 3.63) is 0 Å². The molecule has 3 amide bonds. The summed E-state index contributed by atoms with van der Waals surface area (Å²) >= 11 is 0. The average molecular weight is 335 g/mol. The number of carbonyl (C=O) groups excluding carboxylic acids is 3. The predicted octanol–water partition coefficient (Wildman–Crippen LogP) is 1.39. The van der Waals surface area contributed by atoms with Crippen LogP contribution in [-0.4, -0.2) is 70.7 Å². The van der Waals surface area contributed by atoms with E-state index < -0.39 is 0 Å². The third kappa shape index (κ3) is 3.57. The van der Waals surface area contributed by atoms with Crippen molar-refractivity contribution in [2.24, 2.45) is 0 Å². The number of likely N-dealkylation sites (tertiary alicyclic amines) is 3. The molecule has 134 valence electrons. The van der Waals surface area contributed by atoms with Crippen LogP contribution in [0.3, 0.4) is 0 Å². The van der Waals surface area contributed by atoms with E-state index in [1.165, 1.54) is 0 Å². The maximum Gasteiger partial charge on any atom is 0.245 e. The highest BCUT2D eigenvalue weighted by Gasteiger charge is 2.36. The molecule has 0 aromatic heterocycles. The molecule has 0 saturated carbocycles. The molecule has 0 aromatic rings. The maximum atomic E-state index is 12.9. The monoisotopic (exact) mass is 335 g/mol. The molecular weight excluding hydrogens is 306 g/mol. The molecule has 3 fully saturated rings. The number of carbonyl (C=O) groups is 3. The van der Waals surface area contributed by atoms with Crippen molar-refractivity contribution in [2.75, 3.05) is 26.2 Å². The largest absolute Gasteiger partial charge is 0.341 e. The van der Waals surface area contributed by atoms with Gasteiger partial charge in [-0.3, -0.25) is 14.4 Å². The zero-order valence-electron chi connectivity index (χ0n) is 14.7. The van der Waals surface area contributed by atoms with Crippen molar-refractivity contribution in [1.82, 2.24) is 14.7 Å². The Bertz CT molecular complexity index is 500. The molecule has 0 radical (unpaired) electrons. The lowest BCUT2D eigenvalue weighted by atomic mass is 9.96. The molecule has 3 rings (SSSR count). The fourth-order valence-electron chi connectivity index (χ4n) is 4.39. The van der Waals surface area contributed by atoms with Crippen molar-refractivity contribution < 1.29 is 14.4 Å². The Hall–Kier alpha value is -1.59. The summed E-state index contributed by atoms with van der Waals surface area (Å²) < 4.78 is 0. The second kappa shape index (κ2) is 7.53. The van der Waals surface area contributed by atoms with Gasteiger partial charge in [-0.05, 0) is 44.9 Å². The number of piperidine rings is 3. The van der Waals surface area contributed by atoms with Crippen LogP contribution in [0.25, 0.3) is 0 Å². The highest BCUT2D eigenvalue weighted by molar-refractivity contribution is 5.87. The van der Waals surface area contributed by atoms with Crippen LogP contribution in [0.1, 0.15) is 58.3 Å². The van der Waals surface area contributed by atoms with E-state index >= 15 is 0 Å². The molecule has 0 spiro atoms. The van der Waals surface area contributed by atoms with Gasteiger partial charge in [0.05, 0.1) is 0 Å². The zero-order chi connectivity index (χ0) is 17.1. The van der Waals surface area contributed by atoms with Gasteiger partial charge in [0.1, 0.15) is 6.04 Å². The number of amides is 3. The zero-order valence-corrected chi connectivity index (χ0v) is 14.7. The second-order valence-electron chi connectivity index (χ2n) is 7.32. The van der Waals surface area contributed by atoms with E-state index in [0.717, 1.165) is 51.5 Å². The third-order valence-electron chi connectivity index (χ3n) is 5.77. The van der Waals surface area contributed by atoms with Crippen LogP contribution in [0.4, 0.5) is 0 Å². The SMILES string of the molecule is CC(=O)N1CCCCC1C(=O)N1CCC(N2CCCCC2=O)CC1. The maximum absolute atomic E-state index is 12.9. The highest BCUT2D eigenvalue weighted by Crippen LogP contribution is 2.24. The van der Waals surface area contributed by atoms with E-state index in [1.54, 1.807) is 11.8 Å². The van der Waals surface area contributed by atoms with Crippen LogP contribution in [0, 0.1) is 0 Å². The van der Waals surface area contributed by atoms with Crippen LogP contribution >= 0.6 is 0 Å². The van der Waals surface area contributed by atoms with Gasteiger partial charge in [-0.15, -0.1) is 0 Å². The molecule has 6 heteroatoms. The molecule has 3 saturated heterocycles. The summed E-state index contributed by atoms with van der Waals surface area (Å²) in [5.41, 5.74) is 0. The van der Waals surface area contributed by atoms with E-state index in [1.807, 2.05) is 9.80 Å². The van der Waals surface area contributed by atoms with Crippen LogP contribution in [0.5, 0.6) is 0 Å². The van der Waals surface area contributed by atoms with E-state index in [4.69, 9.17) is 0 Å². The predicted molar refractivity (Wildman–Crippen MR) is 90.2 cm³/mol. The standard InChI is InChI=1S/C18H29N3O3/c1-14(22)20-10-4-2-6-16(20)18(24)19-12-8-15(9-13-19)21-11-5-3-7-17(21)23/h15-16H,2-13H2,1H3. The van der Waals surface area contributed by atoms with Crippen molar-refractivity contribution in [3.8, 4) is 0 Å². The molecule has 3 heterocycles. The van der Waals surface area contributed by atoms with Crippen molar-refractivity contribution in [2.45, 2.75) is 70.4 Å². The minimum atomic E-state index is -0.274. The Morgan fingerprint density at radius 1 is 0.917 bits per heavy atom. The van der Waals surface area contributed by atoms with Crippen LogP contribution in [0.2, 0.25) is 0 Å². The summed E-state index contributed by atoms with van der Waals surface area (Å²) in [5.74, 6) is 0.385. The Morgan fingerprint density at radius 2 is 1.62 bits per heavy atom. The molecule has 3 aliphatic rings. The van der Waals surface area contributed by atoms with Crippen LogP contribution < -0.4 is 0 Å². The number of rotatable bonds is 2. The van der Waals surface area contributed by atoms with Gasteiger partial charge in [0.2, 0.25) is 17.7 Å². The minimum Gasteiger partial charge on any atom is -0.341 e. The third-order valence-corrected chi connectivity index (χ3v) is 5.77. The summed E-state index contributed by atoms with van der Waals surface area (Å²) in [7, 11) is 0. The molecule has 0 aliphatic carbocycles. The Kier molecular flexibility index (Phi) is 5.41. The molecule has 1 atom stereocenters. The lowest BCUT2D eigenvalue weighted by molar-refractivity contribution is -0.148. The number of hydrogen-bond donors (Lipinski definition) is 0. The Morgan fingerprint density at radius 3 is 2.29 bits per heavy atom. The smallest absolute Gasteiger partial charge is 0.245 e. The fourth-order valence-corrected chi connectivity index (χ4v) is 4.39. The highest BCUT2D eigenvalue weighted by atomic mass is 16.2. The average Bonchev–Trinajstić information content (AvgIpc) is 2.62. The molecule has 24 heavy (non-hydrogen) atoms. The van der Waals surface area contributed by atoms with Crippen molar-refractivity contribution in [3.63, 3.8) is 0 Å². The van der Waals surface area contributed by atoms with Crippen molar-refractivity contribution in [1.29, 1.82) is 0 Å². The quantitative estimate of drug-likeness (QED) is 0.766. The first-order valence-corrected chi connectivity index (χ1v) is 9.43.